The molecule has 4 heteroatoms. The fourth-order valence-electron chi connectivity index (χ4n) is 2.68. The second kappa shape index (κ2) is 7.62. The van der Waals surface area contributed by atoms with Gasteiger partial charge in [0, 0.05) is 26.2 Å². The lowest BCUT2D eigenvalue weighted by Gasteiger charge is -2.26. The normalized spacial score (nSPS) is 16.4. The quantitative estimate of drug-likeness (QED) is 0.859. The summed E-state index contributed by atoms with van der Waals surface area (Å²) in [6, 6.07) is 4.40. The van der Waals surface area contributed by atoms with Crippen LogP contribution in [0.2, 0.25) is 0 Å². The van der Waals surface area contributed by atoms with Gasteiger partial charge in [-0.05, 0) is 37.6 Å². The molecule has 0 amide bonds. The van der Waals surface area contributed by atoms with Crippen LogP contribution in [-0.2, 0) is 11.3 Å². The highest BCUT2D eigenvalue weighted by molar-refractivity contribution is 5.43. The van der Waals surface area contributed by atoms with Crippen LogP contribution in [0.4, 0.5) is 0 Å². The molecule has 1 aromatic carbocycles. The Morgan fingerprint density at radius 2 is 1.85 bits per heavy atom. The van der Waals surface area contributed by atoms with E-state index in [1.807, 2.05) is 7.05 Å². The Kier molecular flexibility index (Phi) is 5.83. The zero-order valence-electron chi connectivity index (χ0n) is 12.9. The minimum Gasteiger partial charge on any atom is -0.492 e. The molecule has 1 aliphatic heterocycles. The van der Waals surface area contributed by atoms with Crippen molar-refractivity contribution in [2.24, 2.45) is 0 Å². The van der Waals surface area contributed by atoms with Gasteiger partial charge in [0.1, 0.15) is 12.4 Å². The van der Waals surface area contributed by atoms with Crippen LogP contribution in [0.5, 0.6) is 5.75 Å². The fraction of sp³-hybridized carbons (Fsp3) is 0.625. The molecular formula is C16H26N2O2. The fourth-order valence-corrected chi connectivity index (χ4v) is 2.68. The smallest absolute Gasteiger partial charge is 0.125 e. The summed E-state index contributed by atoms with van der Waals surface area (Å²) in [5.41, 5.74) is 3.75. The Labute approximate surface area is 122 Å². The Morgan fingerprint density at radius 3 is 2.45 bits per heavy atom. The molecule has 1 saturated heterocycles. The molecule has 1 aliphatic rings. The maximum absolute atomic E-state index is 6.00. The van der Waals surface area contributed by atoms with Gasteiger partial charge in [0.15, 0.2) is 0 Å². The second-order valence-corrected chi connectivity index (χ2v) is 5.39. The second-order valence-electron chi connectivity index (χ2n) is 5.39. The summed E-state index contributed by atoms with van der Waals surface area (Å²) in [6.07, 6.45) is 0. The van der Waals surface area contributed by atoms with E-state index in [1.165, 1.54) is 16.7 Å². The van der Waals surface area contributed by atoms with Crippen molar-refractivity contribution in [3.63, 3.8) is 0 Å². The Hall–Kier alpha value is -1.10. The molecule has 0 atom stereocenters. The Balaban J connectivity index is 1.88. The van der Waals surface area contributed by atoms with E-state index in [2.05, 4.69) is 36.2 Å². The summed E-state index contributed by atoms with van der Waals surface area (Å²) >= 11 is 0. The molecular weight excluding hydrogens is 252 g/mol. The van der Waals surface area contributed by atoms with Crippen molar-refractivity contribution in [2.45, 2.75) is 20.4 Å². The van der Waals surface area contributed by atoms with Crippen LogP contribution in [0.1, 0.15) is 16.7 Å². The highest BCUT2D eigenvalue weighted by Crippen LogP contribution is 2.24. The average molecular weight is 278 g/mol. The van der Waals surface area contributed by atoms with Gasteiger partial charge in [0.2, 0.25) is 0 Å². The average Bonchev–Trinajstić information content (AvgIpc) is 2.43. The number of nitrogens with one attached hydrogen (secondary N) is 1. The third kappa shape index (κ3) is 4.20. The molecule has 1 fully saturated rings. The van der Waals surface area contributed by atoms with Crippen LogP contribution < -0.4 is 10.1 Å². The standard InChI is InChI=1S/C16H26N2O2/c1-13-10-15(12-17-3)11-14(2)16(13)20-9-6-18-4-7-19-8-5-18/h10-11,17H,4-9,12H2,1-3H3. The van der Waals surface area contributed by atoms with Gasteiger partial charge in [-0.3, -0.25) is 4.90 Å². The van der Waals surface area contributed by atoms with E-state index >= 15 is 0 Å². The zero-order chi connectivity index (χ0) is 14.4. The van der Waals surface area contributed by atoms with Crippen molar-refractivity contribution >= 4 is 0 Å². The van der Waals surface area contributed by atoms with Gasteiger partial charge in [-0.2, -0.15) is 0 Å². The molecule has 0 aliphatic carbocycles. The third-order valence-corrected chi connectivity index (χ3v) is 3.66. The number of aryl methyl sites for hydroxylation is 2. The maximum atomic E-state index is 6.00. The van der Waals surface area contributed by atoms with Crippen molar-refractivity contribution < 1.29 is 9.47 Å². The molecule has 0 radical (unpaired) electrons. The zero-order valence-corrected chi connectivity index (χ0v) is 12.9. The number of ether oxygens (including phenoxy) is 2. The van der Waals surface area contributed by atoms with Gasteiger partial charge in [-0.25, -0.2) is 0 Å². The molecule has 0 aromatic heterocycles. The van der Waals surface area contributed by atoms with Crippen molar-refractivity contribution in [2.75, 3.05) is 46.5 Å². The van der Waals surface area contributed by atoms with E-state index in [1.54, 1.807) is 0 Å². The summed E-state index contributed by atoms with van der Waals surface area (Å²) in [4.78, 5) is 2.39. The molecule has 4 nitrogen and oxygen atoms in total. The number of rotatable bonds is 6. The third-order valence-electron chi connectivity index (χ3n) is 3.66. The van der Waals surface area contributed by atoms with Crippen LogP contribution in [0.15, 0.2) is 12.1 Å². The SMILES string of the molecule is CNCc1cc(C)c(OCCN2CCOCC2)c(C)c1. The first-order valence-corrected chi connectivity index (χ1v) is 7.38. The molecule has 0 saturated carbocycles. The molecule has 0 spiro atoms. The summed E-state index contributed by atoms with van der Waals surface area (Å²) in [6.45, 7) is 10.6. The van der Waals surface area contributed by atoms with Gasteiger partial charge in [-0.15, -0.1) is 0 Å². The number of hydrogen-bond acceptors (Lipinski definition) is 4. The van der Waals surface area contributed by atoms with Gasteiger partial charge >= 0.3 is 0 Å². The summed E-state index contributed by atoms with van der Waals surface area (Å²) in [5, 5.41) is 3.18. The van der Waals surface area contributed by atoms with E-state index in [-0.39, 0.29) is 0 Å². The topological polar surface area (TPSA) is 33.7 Å². The van der Waals surface area contributed by atoms with Crippen LogP contribution >= 0.6 is 0 Å². The van der Waals surface area contributed by atoms with Crippen LogP contribution in [0.25, 0.3) is 0 Å². The first-order chi connectivity index (χ1) is 9.70. The molecule has 112 valence electrons. The first-order valence-electron chi connectivity index (χ1n) is 7.38. The Morgan fingerprint density at radius 1 is 1.20 bits per heavy atom. The highest BCUT2D eigenvalue weighted by Gasteiger charge is 2.11. The lowest BCUT2D eigenvalue weighted by atomic mass is 10.1. The predicted molar refractivity (Wildman–Crippen MR) is 81.4 cm³/mol. The number of hydrogen-bond donors (Lipinski definition) is 1. The van der Waals surface area contributed by atoms with Gasteiger partial charge in [0.05, 0.1) is 13.2 Å². The lowest BCUT2D eigenvalue weighted by molar-refractivity contribution is 0.0322. The van der Waals surface area contributed by atoms with Crippen LogP contribution in [-0.4, -0.2) is 51.4 Å². The van der Waals surface area contributed by atoms with Crippen LogP contribution in [0.3, 0.4) is 0 Å². The van der Waals surface area contributed by atoms with E-state index in [4.69, 9.17) is 9.47 Å². The molecule has 0 bridgehead atoms. The van der Waals surface area contributed by atoms with E-state index in [0.717, 1.165) is 51.7 Å². The summed E-state index contributed by atoms with van der Waals surface area (Å²) < 4.78 is 11.4. The van der Waals surface area contributed by atoms with Gasteiger partial charge in [-0.1, -0.05) is 12.1 Å². The summed E-state index contributed by atoms with van der Waals surface area (Å²) in [7, 11) is 1.97. The van der Waals surface area contributed by atoms with Crippen LogP contribution in [0, 0.1) is 13.8 Å². The number of morpholine rings is 1. The van der Waals surface area contributed by atoms with Gasteiger partial charge < -0.3 is 14.8 Å². The van der Waals surface area contributed by atoms with Crippen molar-refractivity contribution in [3.8, 4) is 5.75 Å². The maximum Gasteiger partial charge on any atom is 0.125 e. The lowest BCUT2D eigenvalue weighted by Crippen LogP contribution is -2.38. The van der Waals surface area contributed by atoms with E-state index < -0.39 is 0 Å². The van der Waals surface area contributed by atoms with Crippen molar-refractivity contribution in [3.05, 3.63) is 28.8 Å². The summed E-state index contributed by atoms with van der Waals surface area (Å²) in [5.74, 6) is 1.04. The first kappa shape index (κ1) is 15.3. The Bertz CT molecular complexity index is 405. The van der Waals surface area contributed by atoms with Crippen molar-refractivity contribution in [1.29, 1.82) is 0 Å². The molecule has 1 aromatic rings. The number of benzene rings is 1. The minimum atomic E-state index is 0.743. The van der Waals surface area contributed by atoms with E-state index in [0.29, 0.717) is 0 Å². The molecule has 20 heavy (non-hydrogen) atoms. The largest absolute Gasteiger partial charge is 0.492 e. The molecule has 1 N–H and O–H groups in total. The van der Waals surface area contributed by atoms with Crippen molar-refractivity contribution in [1.82, 2.24) is 10.2 Å². The van der Waals surface area contributed by atoms with E-state index in [9.17, 15) is 0 Å². The molecule has 2 rings (SSSR count). The number of nitrogens with zero attached hydrogens (tertiary/aromatic N) is 1. The molecule has 1 heterocycles. The highest BCUT2D eigenvalue weighted by atomic mass is 16.5. The van der Waals surface area contributed by atoms with Gasteiger partial charge in [0.25, 0.3) is 0 Å². The monoisotopic (exact) mass is 278 g/mol. The predicted octanol–water partition coefficient (Wildman–Crippen LogP) is 1.73. The molecule has 0 unspecified atom stereocenters. The minimum absolute atomic E-state index is 0.743.